The van der Waals surface area contributed by atoms with E-state index in [1.165, 1.54) is 9.44 Å². The molecule has 2 unspecified atom stereocenters. The summed E-state index contributed by atoms with van der Waals surface area (Å²) in [6.07, 6.45) is 13.0. The van der Waals surface area contributed by atoms with E-state index in [0.29, 0.717) is 18.4 Å². The molecule has 0 aromatic carbocycles. The summed E-state index contributed by atoms with van der Waals surface area (Å²) in [6, 6.07) is 0.254. The van der Waals surface area contributed by atoms with Crippen LogP contribution in [0.2, 0.25) is 0 Å². The number of thiophene rings is 1. The smallest absolute Gasteiger partial charge is 0.332 e. The topological polar surface area (TPSA) is 68.4 Å². The van der Waals surface area contributed by atoms with Gasteiger partial charge < -0.3 is 5.32 Å². The van der Waals surface area contributed by atoms with Crippen molar-refractivity contribution in [3.63, 3.8) is 0 Å². The molecule has 0 amide bonds. The number of fused-ring (bicyclic) bond motifs is 1. The van der Waals surface area contributed by atoms with Crippen molar-refractivity contribution in [1.29, 1.82) is 0 Å². The highest BCUT2D eigenvalue weighted by Gasteiger charge is 2.30. The van der Waals surface area contributed by atoms with Crippen molar-refractivity contribution in [3.05, 3.63) is 68.2 Å². The van der Waals surface area contributed by atoms with Gasteiger partial charge in [0.05, 0.1) is 17.8 Å². The standard InChI is InChI=1S/C30H44N4O2S/c1-9-15-30(16-10-2,21(4)5)19-34-26(35)25-22(6)24(37-27(25)33(18-11-3)28(34)36)13-12-23-14-17-29(7,8)32-20-31-23/h9-10,16,20,23H,1,4,11-15,17-19H2,2-3,5-8H3,(H,31,32)/b16-10+. The molecule has 1 aliphatic heterocycles. The number of nitrogens with one attached hydrogen (secondary N) is 1. The zero-order valence-electron chi connectivity index (χ0n) is 23.5. The molecule has 0 spiro atoms. The molecule has 0 fully saturated rings. The zero-order chi connectivity index (χ0) is 27.4. The Morgan fingerprint density at radius 2 is 2.08 bits per heavy atom. The predicted molar refractivity (Wildman–Crippen MR) is 159 cm³/mol. The second-order valence-electron chi connectivity index (χ2n) is 11.1. The van der Waals surface area contributed by atoms with Gasteiger partial charge in [0.25, 0.3) is 5.56 Å². The van der Waals surface area contributed by atoms with Gasteiger partial charge in [0, 0.05) is 28.9 Å². The van der Waals surface area contributed by atoms with Crippen molar-refractivity contribution in [2.45, 2.75) is 105 Å². The van der Waals surface area contributed by atoms with Crippen LogP contribution in [0.5, 0.6) is 0 Å². The molecule has 7 heteroatoms. The van der Waals surface area contributed by atoms with E-state index in [-0.39, 0.29) is 29.4 Å². The summed E-state index contributed by atoms with van der Waals surface area (Å²) >= 11 is 1.60. The largest absolute Gasteiger partial charge is 0.372 e. The van der Waals surface area contributed by atoms with Crippen molar-refractivity contribution >= 4 is 27.9 Å². The quantitative estimate of drug-likeness (QED) is 0.359. The lowest BCUT2D eigenvalue weighted by atomic mass is 9.78. The molecule has 0 bridgehead atoms. The number of aromatic nitrogens is 2. The Balaban J connectivity index is 2.08. The maximum atomic E-state index is 13.9. The minimum Gasteiger partial charge on any atom is -0.372 e. The van der Waals surface area contributed by atoms with Crippen LogP contribution < -0.4 is 16.6 Å². The molecule has 3 heterocycles. The third-order valence-electron chi connectivity index (χ3n) is 7.67. The molecular formula is C30H44N4O2S. The molecule has 3 rings (SSSR count). The van der Waals surface area contributed by atoms with E-state index < -0.39 is 5.41 Å². The van der Waals surface area contributed by atoms with Gasteiger partial charge in [-0.1, -0.05) is 37.3 Å². The summed E-state index contributed by atoms with van der Waals surface area (Å²) in [5, 5.41) is 4.06. The molecule has 1 N–H and O–H groups in total. The summed E-state index contributed by atoms with van der Waals surface area (Å²) in [5.74, 6) is 0. The first kappa shape index (κ1) is 28.9. The van der Waals surface area contributed by atoms with Crippen molar-refractivity contribution in [2.24, 2.45) is 10.4 Å². The summed E-state index contributed by atoms with van der Waals surface area (Å²) < 4.78 is 3.24. The fraction of sp³-hybridized carbons (Fsp3) is 0.567. The molecule has 1 aliphatic rings. The zero-order valence-corrected chi connectivity index (χ0v) is 24.3. The lowest BCUT2D eigenvalue weighted by Crippen LogP contribution is -2.44. The van der Waals surface area contributed by atoms with Crippen LogP contribution in [0.15, 0.2) is 51.5 Å². The fourth-order valence-corrected chi connectivity index (χ4v) is 6.57. The number of rotatable bonds is 11. The van der Waals surface area contributed by atoms with E-state index in [4.69, 9.17) is 4.99 Å². The highest BCUT2D eigenvalue weighted by atomic mass is 32.1. The second-order valence-corrected chi connectivity index (χ2v) is 12.2. The monoisotopic (exact) mass is 524 g/mol. The number of allylic oxidation sites excluding steroid dienone is 4. The Bertz CT molecular complexity index is 1320. The van der Waals surface area contributed by atoms with Crippen LogP contribution in [-0.2, 0) is 19.5 Å². The number of hydrogen-bond acceptors (Lipinski definition) is 5. The molecule has 2 aromatic heterocycles. The first-order valence-electron chi connectivity index (χ1n) is 13.5. The summed E-state index contributed by atoms with van der Waals surface area (Å²) in [4.78, 5) is 34.4. The van der Waals surface area contributed by atoms with Gasteiger partial charge in [0.2, 0.25) is 0 Å². The van der Waals surface area contributed by atoms with Crippen LogP contribution in [-0.4, -0.2) is 27.1 Å². The number of hydrogen-bond donors (Lipinski definition) is 1. The Morgan fingerprint density at radius 3 is 2.70 bits per heavy atom. The molecule has 0 saturated heterocycles. The van der Waals surface area contributed by atoms with Gasteiger partial charge in [-0.05, 0) is 78.7 Å². The van der Waals surface area contributed by atoms with E-state index in [1.807, 2.05) is 45.3 Å². The van der Waals surface area contributed by atoms with Crippen molar-refractivity contribution in [1.82, 2.24) is 14.5 Å². The van der Waals surface area contributed by atoms with Gasteiger partial charge in [-0.25, -0.2) is 4.79 Å². The Hall–Kier alpha value is -2.67. The first-order chi connectivity index (χ1) is 17.5. The van der Waals surface area contributed by atoms with Crippen LogP contribution in [0.3, 0.4) is 0 Å². The predicted octanol–water partition coefficient (Wildman–Crippen LogP) is 6.15. The summed E-state index contributed by atoms with van der Waals surface area (Å²) in [5.41, 5.74) is 0.977. The van der Waals surface area contributed by atoms with Crippen LogP contribution >= 0.6 is 11.3 Å². The summed E-state index contributed by atoms with van der Waals surface area (Å²) in [7, 11) is 0. The van der Waals surface area contributed by atoms with Crippen molar-refractivity contribution in [3.8, 4) is 0 Å². The fourth-order valence-electron chi connectivity index (χ4n) is 5.24. The summed E-state index contributed by atoms with van der Waals surface area (Å²) in [6.45, 7) is 21.4. The minimum absolute atomic E-state index is 0.0602. The maximum Gasteiger partial charge on any atom is 0.332 e. The Labute approximate surface area is 225 Å². The SMILES string of the molecule is C=CCC(/C=C/C)(Cn1c(=O)c2c(C)c(CCC3CCC(C)(C)NC=N3)sc2n(CCC)c1=O)C(=C)C. The molecule has 0 radical (unpaired) electrons. The van der Waals surface area contributed by atoms with E-state index in [0.717, 1.165) is 48.1 Å². The lowest BCUT2D eigenvalue weighted by molar-refractivity contribution is 0.368. The average molecular weight is 525 g/mol. The highest BCUT2D eigenvalue weighted by molar-refractivity contribution is 7.18. The van der Waals surface area contributed by atoms with Crippen LogP contribution in [0, 0.1) is 12.3 Å². The molecule has 202 valence electrons. The first-order valence-corrected chi connectivity index (χ1v) is 14.3. The van der Waals surface area contributed by atoms with Crippen molar-refractivity contribution in [2.75, 3.05) is 0 Å². The van der Waals surface area contributed by atoms with Gasteiger partial charge in [-0.15, -0.1) is 17.9 Å². The molecular weight excluding hydrogens is 480 g/mol. The molecule has 0 aliphatic carbocycles. The highest BCUT2D eigenvalue weighted by Crippen LogP contribution is 2.35. The van der Waals surface area contributed by atoms with Gasteiger partial charge in [0.15, 0.2) is 0 Å². The third-order valence-corrected chi connectivity index (χ3v) is 9.05. The van der Waals surface area contributed by atoms with Gasteiger partial charge in [0.1, 0.15) is 4.83 Å². The third kappa shape index (κ3) is 6.08. The maximum absolute atomic E-state index is 13.9. The van der Waals surface area contributed by atoms with Gasteiger partial charge >= 0.3 is 5.69 Å². The van der Waals surface area contributed by atoms with E-state index in [2.05, 4.69) is 39.2 Å². The molecule has 2 aromatic rings. The number of nitrogens with zero attached hydrogens (tertiary/aromatic N) is 3. The average Bonchev–Trinajstić information content (AvgIpc) is 3.05. The van der Waals surface area contributed by atoms with Crippen LogP contribution in [0.4, 0.5) is 0 Å². The van der Waals surface area contributed by atoms with Gasteiger partial charge in [-0.2, -0.15) is 0 Å². The normalized spacial score (nSPS) is 19.0. The van der Waals surface area contributed by atoms with Gasteiger partial charge in [-0.3, -0.25) is 18.9 Å². The number of aryl methyl sites for hydroxylation is 3. The van der Waals surface area contributed by atoms with E-state index in [9.17, 15) is 9.59 Å². The van der Waals surface area contributed by atoms with Crippen LogP contribution in [0.25, 0.3) is 10.2 Å². The molecule has 37 heavy (non-hydrogen) atoms. The Kier molecular flexibility index (Phi) is 9.22. The van der Waals surface area contributed by atoms with E-state index in [1.54, 1.807) is 15.9 Å². The second kappa shape index (κ2) is 11.8. The minimum atomic E-state index is -0.538. The lowest BCUT2D eigenvalue weighted by Gasteiger charge is -2.31. The molecule has 0 saturated carbocycles. The van der Waals surface area contributed by atoms with Crippen molar-refractivity contribution < 1.29 is 0 Å². The molecule has 2 atom stereocenters. The Morgan fingerprint density at radius 1 is 1.35 bits per heavy atom. The van der Waals surface area contributed by atoms with Crippen LogP contribution in [0.1, 0.15) is 77.2 Å². The number of aliphatic imine (C=N–C) groups is 1. The molecule has 6 nitrogen and oxygen atoms in total. The van der Waals surface area contributed by atoms with E-state index >= 15 is 0 Å².